The molecule has 2 rings (SSSR count). The summed E-state index contributed by atoms with van der Waals surface area (Å²) in [7, 11) is 1.65. The van der Waals surface area contributed by atoms with E-state index < -0.39 is 5.60 Å². The summed E-state index contributed by atoms with van der Waals surface area (Å²) < 4.78 is 13.0. The monoisotopic (exact) mass is 339 g/mol. The lowest BCUT2D eigenvalue weighted by Gasteiger charge is -2.35. The van der Waals surface area contributed by atoms with Crippen LogP contribution in [0.15, 0.2) is 29.5 Å². The van der Waals surface area contributed by atoms with E-state index in [0.29, 0.717) is 36.2 Å². The van der Waals surface area contributed by atoms with Crippen molar-refractivity contribution in [1.82, 2.24) is 5.01 Å². The Morgan fingerprint density at radius 3 is 2.33 bits per heavy atom. The summed E-state index contributed by atoms with van der Waals surface area (Å²) >= 11 is 0. The maximum atomic E-state index is 13.0. The maximum absolute atomic E-state index is 13.0. The lowest BCUT2D eigenvalue weighted by Crippen LogP contribution is -2.42. The van der Waals surface area contributed by atoms with Gasteiger partial charge in [0.25, 0.3) is 0 Å². The fourth-order valence-corrected chi connectivity index (χ4v) is 2.64. The summed E-state index contributed by atoms with van der Waals surface area (Å²) in [5.74, 6) is -0.323. The van der Waals surface area contributed by atoms with Crippen molar-refractivity contribution in [3.63, 3.8) is 0 Å². The van der Waals surface area contributed by atoms with Crippen molar-refractivity contribution < 1.29 is 19.3 Å². The first-order valence-electron chi connectivity index (χ1n) is 8.18. The molecule has 7 heteroatoms. The predicted octanol–water partition coefficient (Wildman–Crippen LogP) is 3.50. The molecule has 1 aromatic rings. The van der Waals surface area contributed by atoms with Crippen LogP contribution in [-0.2, 0) is 10.4 Å². The Morgan fingerprint density at radius 2 is 1.83 bits per heavy atom. The van der Waals surface area contributed by atoms with Crippen LogP contribution in [-0.4, -0.2) is 33.8 Å². The number of aliphatic hydroxyl groups is 1. The molecule has 1 aliphatic rings. The van der Waals surface area contributed by atoms with Crippen LogP contribution in [0.5, 0.6) is 0 Å². The second-order valence-corrected chi connectivity index (χ2v) is 7.37. The molecule has 134 valence electrons. The van der Waals surface area contributed by atoms with E-state index in [9.17, 15) is 14.7 Å². The van der Waals surface area contributed by atoms with Gasteiger partial charge in [0, 0.05) is 0 Å². The van der Waals surface area contributed by atoms with E-state index in [0.717, 1.165) is 0 Å². The van der Waals surface area contributed by atoms with Gasteiger partial charge in [0.05, 0.1) is 23.2 Å². The van der Waals surface area contributed by atoms with Gasteiger partial charge in [-0.15, -0.1) is 5.01 Å². The van der Waals surface area contributed by atoms with Crippen LogP contribution in [0.2, 0.25) is 0 Å². The molecule has 0 bridgehead atoms. The van der Waals surface area contributed by atoms with Crippen LogP contribution >= 0.6 is 0 Å². The van der Waals surface area contributed by atoms with Crippen LogP contribution in [0, 0.1) is 11.0 Å². The third-order valence-corrected chi connectivity index (χ3v) is 4.63. The highest BCUT2D eigenvalue weighted by atomic mass is 19.1. The summed E-state index contributed by atoms with van der Waals surface area (Å²) in [6.07, 6.45) is 1.89. The van der Waals surface area contributed by atoms with Crippen LogP contribution in [0.1, 0.15) is 52.0 Å². The highest BCUT2D eigenvalue weighted by Gasteiger charge is 2.36. The largest absolute Gasteiger partial charge is 0.569 e. The lowest BCUT2D eigenvalue weighted by molar-refractivity contribution is -0.720. The zero-order chi connectivity index (χ0) is 18.0. The molecule has 0 heterocycles. The average Bonchev–Trinajstić information content (AvgIpc) is 2.53. The summed E-state index contributed by atoms with van der Waals surface area (Å²) in [5.41, 5.74) is -0.631. The molecule has 1 N–H and O–H groups in total. The number of hydrazine groups is 1. The van der Waals surface area contributed by atoms with Crippen LogP contribution in [0.3, 0.4) is 0 Å². The zero-order valence-electron chi connectivity index (χ0n) is 14.7. The fourth-order valence-electron chi connectivity index (χ4n) is 2.64. The number of hydrogen-bond donors (Lipinski definition) is 1. The minimum absolute atomic E-state index is 0.212. The average molecular weight is 339 g/mol. The lowest BCUT2D eigenvalue weighted by atomic mass is 9.78. The SMILES string of the molecule is CN(/[N+]([O-])=N/OC1CCC(O)(c2ccc(F)cc2)CC1)C(C)(C)C. The van der Waals surface area contributed by atoms with Crippen molar-refractivity contribution in [1.29, 1.82) is 0 Å². The van der Waals surface area contributed by atoms with Crippen molar-refractivity contribution in [2.24, 2.45) is 5.28 Å². The van der Waals surface area contributed by atoms with Gasteiger partial charge in [-0.3, -0.25) is 0 Å². The van der Waals surface area contributed by atoms with Crippen molar-refractivity contribution >= 4 is 0 Å². The molecule has 0 atom stereocenters. The van der Waals surface area contributed by atoms with Gasteiger partial charge in [0.2, 0.25) is 5.28 Å². The van der Waals surface area contributed by atoms with Crippen LogP contribution in [0.25, 0.3) is 0 Å². The predicted molar refractivity (Wildman–Crippen MR) is 87.2 cm³/mol. The minimum atomic E-state index is -0.979. The van der Waals surface area contributed by atoms with E-state index in [4.69, 9.17) is 4.84 Å². The topological polar surface area (TPSA) is 71.1 Å². The molecule has 0 amide bonds. The molecule has 0 saturated heterocycles. The molecule has 1 saturated carbocycles. The smallest absolute Gasteiger partial charge is 0.233 e. The second-order valence-electron chi connectivity index (χ2n) is 7.37. The van der Waals surface area contributed by atoms with Gasteiger partial charge >= 0.3 is 0 Å². The summed E-state index contributed by atoms with van der Waals surface area (Å²) in [6.45, 7) is 5.70. The third-order valence-electron chi connectivity index (χ3n) is 4.63. The molecule has 6 nitrogen and oxygen atoms in total. The van der Waals surface area contributed by atoms with Crippen LogP contribution < -0.4 is 0 Å². The van der Waals surface area contributed by atoms with E-state index >= 15 is 0 Å². The standard InChI is InChI=1S/C17H26FN3O3/c1-16(2,3)20(4)21(23)19-24-15-9-11-17(22,12-10-15)13-5-7-14(18)8-6-13/h5-8,15,22H,9-12H2,1-4H3/b21-19-. The number of halogens is 1. The Balaban J connectivity index is 1.92. The normalized spacial score (nSPS) is 25.4. The molecule has 0 spiro atoms. The van der Waals surface area contributed by atoms with Gasteiger partial charge in [-0.1, -0.05) is 12.1 Å². The van der Waals surface area contributed by atoms with E-state index in [1.54, 1.807) is 19.2 Å². The van der Waals surface area contributed by atoms with Gasteiger partial charge < -0.3 is 15.2 Å². The highest BCUT2D eigenvalue weighted by molar-refractivity contribution is 5.23. The third kappa shape index (κ3) is 4.35. The highest BCUT2D eigenvalue weighted by Crippen LogP contribution is 2.38. The molecular formula is C17H26FN3O3. The zero-order valence-corrected chi connectivity index (χ0v) is 14.7. The van der Waals surface area contributed by atoms with Gasteiger partial charge in [0.15, 0.2) is 0 Å². The van der Waals surface area contributed by atoms with Gasteiger partial charge in [-0.05, 0) is 64.2 Å². The Bertz CT molecular complexity index is 576. The minimum Gasteiger partial charge on any atom is -0.569 e. The first-order chi connectivity index (χ1) is 11.1. The molecule has 0 unspecified atom stereocenters. The molecule has 1 aliphatic carbocycles. The summed E-state index contributed by atoms with van der Waals surface area (Å²) in [5, 5.41) is 27.7. The number of benzene rings is 1. The first kappa shape index (κ1) is 18.4. The first-order valence-corrected chi connectivity index (χ1v) is 8.18. The Labute approximate surface area is 142 Å². The van der Waals surface area contributed by atoms with Gasteiger partial charge in [-0.2, -0.15) is 0 Å². The molecule has 1 fully saturated rings. The van der Waals surface area contributed by atoms with Crippen molar-refractivity contribution in [3.05, 3.63) is 40.9 Å². The fraction of sp³-hybridized carbons (Fsp3) is 0.647. The number of nitrogens with zero attached hydrogens (tertiary/aromatic N) is 3. The number of rotatable bonds is 4. The quantitative estimate of drug-likeness (QED) is 0.518. The number of hydrogen-bond acceptors (Lipinski definition) is 4. The summed E-state index contributed by atoms with van der Waals surface area (Å²) in [4.78, 5) is 5.78. The molecular weight excluding hydrogens is 313 g/mol. The Hall–Kier alpha value is -1.89. The van der Waals surface area contributed by atoms with Crippen molar-refractivity contribution in [3.8, 4) is 0 Å². The van der Waals surface area contributed by atoms with Gasteiger partial charge in [-0.25, -0.2) is 4.39 Å². The van der Waals surface area contributed by atoms with E-state index in [2.05, 4.69) is 5.28 Å². The molecule has 1 aromatic carbocycles. The molecule has 0 aromatic heterocycles. The second kappa shape index (κ2) is 6.93. The van der Waals surface area contributed by atoms with Crippen molar-refractivity contribution in [2.45, 2.75) is 63.7 Å². The van der Waals surface area contributed by atoms with E-state index in [1.165, 1.54) is 17.1 Å². The van der Waals surface area contributed by atoms with Crippen LogP contribution in [0.4, 0.5) is 4.39 Å². The van der Waals surface area contributed by atoms with Gasteiger partial charge in [0.1, 0.15) is 11.9 Å². The van der Waals surface area contributed by atoms with E-state index in [1.807, 2.05) is 20.8 Å². The van der Waals surface area contributed by atoms with Crippen molar-refractivity contribution in [2.75, 3.05) is 7.05 Å². The maximum Gasteiger partial charge on any atom is 0.233 e. The molecule has 0 radical (unpaired) electrons. The Morgan fingerprint density at radius 1 is 1.29 bits per heavy atom. The summed E-state index contributed by atoms with van der Waals surface area (Å²) in [6, 6.07) is 5.92. The molecule has 0 aliphatic heterocycles. The molecule has 24 heavy (non-hydrogen) atoms. The Kier molecular flexibility index (Phi) is 5.32. The van der Waals surface area contributed by atoms with E-state index in [-0.39, 0.29) is 17.5 Å².